The van der Waals surface area contributed by atoms with E-state index in [2.05, 4.69) is 52.8 Å². The largest absolute Gasteiger partial charge is 0.399 e. The van der Waals surface area contributed by atoms with E-state index in [1.54, 1.807) is 0 Å². The number of anilines is 1. The molecule has 0 saturated carbocycles. The molecule has 0 fully saturated rings. The number of hydrogen-bond acceptors (Lipinski definition) is 3. The summed E-state index contributed by atoms with van der Waals surface area (Å²) in [6.45, 7) is 6.48. The maximum Gasteiger partial charge on any atom is 0.0318 e. The predicted molar refractivity (Wildman–Crippen MR) is 82.7 cm³/mol. The van der Waals surface area contributed by atoms with Crippen LogP contribution in [0.5, 0.6) is 0 Å². The molecule has 0 saturated heterocycles. The molecule has 18 heavy (non-hydrogen) atoms. The summed E-state index contributed by atoms with van der Waals surface area (Å²) in [7, 11) is 4.23. The second-order valence-corrected chi connectivity index (χ2v) is 5.73. The molecule has 2 N–H and O–H groups in total. The molecule has 0 unspecified atom stereocenters. The van der Waals surface area contributed by atoms with Gasteiger partial charge in [0.15, 0.2) is 0 Å². The van der Waals surface area contributed by atoms with Crippen LogP contribution < -0.4 is 5.73 Å². The number of nitrogens with zero attached hydrogens (tertiary/aromatic N) is 2. The van der Waals surface area contributed by atoms with E-state index in [0.29, 0.717) is 0 Å². The van der Waals surface area contributed by atoms with Gasteiger partial charge >= 0.3 is 0 Å². The Morgan fingerprint density at radius 2 is 1.94 bits per heavy atom. The van der Waals surface area contributed by atoms with Crippen LogP contribution in [0, 0.1) is 0 Å². The Morgan fingerprint density at radius 3 is 2.56 bits per heavy atom. The first kappa shape index (κ1) is 15.5. The number of nitrogens with two attached hydrogens (primary N) is 1. The van der Waals surface area contributed by atoms with Gasteiger partial charge in [0, 0.05) is 16.7 Å². The van der Waals surface area contributed by atoms with E-state index in [1.165, 1.54) is 12.0 Å². The standard InChI is InChI=1S/C14H24BrN3/c1-4-18(9-5-8-17(2)3)11-12-10-13(16)6-7-14(12)15/h6-7,10H,4-5,8-9,11,16H2,1-3H3. The van der Waals surface area contributed by atoms with Crippen molar-refractivity contribution < 1.29 is 0 Å². The normalized spacial score (nSPS) is 11.4. The summed E-state index contributed by atoms with van der Waals surface area (Å²) in [5.41, 5.74) is 7.94. The maximum absolute atomic E-state index is 5.84. The highest BCUT2D eigenvalue weighted by molar-refractivity contribution is 9.10. The lowest BCUT2D eigenvalue weighted by Crippen LogP contribution is -2.27. The average Bonchev–Trinajstić information content (AvgIpc) is 2.32. The Labute approximate surface area is 119 Å². The Hall–Kier alpha value is -0.580. The zero-order valence-corrected chi connectivity index (χ0v) is 13.2. The molecule has 0 aliphatic heterocycles. The predicted octanol–water partition coefficient (Wildman–Crippen LogP) is 2.80. The fourth-order valence-electron chi connectivity index (χ4n) is 1.92. The average molecular weight is 314 g/mol. The Kier molecular flexibility index (Phi) is 6.68. The van der Waals surface area contributed by atoms with Crippen LogP contribution in [0.3, 0.4) is 0 Å². The Balaban J connectivity index is 2.54. The highest BCUT2D eigenvalue weighted by atomic mass is 79.9. The van der Waals surface area contributed by atoms with Crippen molar-refractivity contribution in [2.24, 2.45) is 0 Å². The molecule has 0 aromatic heterocycles. The molecule has 0 heterocycles. The zero-order chi connectivity index (χ0) is 13.5. The lowest BCUT2D eigenvalue weighted by molar-refractivity contribution is 0.259. The third-order valence-electron chi connectivity index (χ3n) is 2.99. The number of rotatable bonds is 7. The van der Waals surface area contributed by atoms with Gasteiger partial charge in [-0.05, 0) is 63.9 Å². The van der Waals surface area contributed by atoms with Crippen LogP contribution in [0.1, 0.15) is 18.9 Å². The third kappa shape index (κ3) is 5.38. The second kappa shape index (κ2) is 7.77. The zero-order valence-electron chi connectivity index (χ0n) is 11.6. The molecule has 1 aromatic rings. The molecule has 0 radical (unpaired) electrons. The van der Waals surface area contributed by atoms with Crippen molar-refractivity contribution in [2.75, 3.05) is 39.5 Å². The minimum Gasteiger partial charge on any atom is -0.399 e. The van der Waals surface area contributed by atoms with Crippen LogP contribution in [0.15, 0.2) is 22.7 Å². The van der Waals surface area contributed by atoms with Gasteiger partial charge in [-0.3, -0.25) is 4.90 Å². The molecule has 0 atom stereocenters. The minimum atomic E-state index is 0.831. The number of benzene rings is 1. The topological polar surface area (TPSA) is 32.5 Å². The first-order valence-electron chi connectivity index (χ1n) is 6.44. The number of hydrogen-bond donors (Lipinski definition) is 1. The molecular weight excluding hydrogens is 290 g/mol. The Morgan fingerprint density at radius 1 is 1.22 bits per heavy atom. The van der Waals surface area contributed by atoms with Gasteiger partial charge in [-0.2, -0.15) is 0 Å². The summed E-state index contributed by atoms with van der Waals surface area (Å²) in [5, 5.41) is 0. The van der Waals surface area contributed by atoms with Gasteiger partial charge in [-0.15, -0.1) is 0 Å². The number of nitrogen functional groups attached to an aromatic ring is 1. The summed E-state index contributed by atoms with van der Waals surface area (Å²) in [6, 6.07) is 6.01. The molecule has 0 spiro atoms. The lowest BCUT2D eigenvalue weighted by Gasteiger charge is -2.22. The van der Waals surface area contributed by atoms with E-state index in [1.807, 2.05) is 12.1 Å². The van der Waals surface area contributed by atoms with Crippen LogP contribution in [-0.2, 0) is 6.54 Å². The van der Waals surface area contributed by atoms with E-state index in [0.717, 1.165) is 36.3 Å². The highest BCUT2D eigenvalue weighted by Gasteiger charge is 2.07. The smallest absolute Gasteiger partial charge is 0.0318 e. The van der Waals surface area contributed by atoms with E-state index < -0.39 is 0 Å². The molecule has 1 rings (SSSR count). The summed E-state index contributed by atoms with van der Waals surface area (Å²) < 4.78 is 1.14. The number of halogens is 1. The highest BCUT2D eigenvalue weighted by Crippen LogP contribution is 2.21. The van der Waals surface area contributed by atoms with Crippen LogP contribution >= 0.6 is 15.9 Å². The first-order valence-corrected chi connectivity index (χ1v) is 7.23. The van der Waals surface area contributed by atoms with Gasteiger partial charge in [0.1, 0.15) is 0 Å². The molecule has 1 aromatic carbocycles. The fraction of sp³-hybridized carbons (Fsp3) is 0.571. The van der Waals surface area contributed by atoms with Crippen molar-refractivity contribution >= 4 is 21.6 Å². The van der Waals surface area contributed by atoms with Gasteiger partial charge in [0.25, 0.3) is 0 Å². The van der Waals surface area contributed by atoms with E-state index >= 15 is 0 Å². The molecule has 4 heteroatoms. The molecule has 0 aliphatic carbocycles. The van der Waals surface area contributed by atoms with Crippen LogP contribution in [0.25, 0.3) is 0 Å². The van der Waals surface area contributed by atoms with Gasteiger partial charge in [0.05, 0.1) is 0 Å². The Bertz CT molecular complexity index is 366. The molecule has 0 aliphatic rings. The van der Waals surface area contributed by atoms with Gasteiger partial charge in [0.2, 0.25) is 0 Å². The lowest BCUT2D eigenvalue weighted by atomic mass is 10.2. The van der Waals surface area contributed by atoms with Crippen molar-refractivity contribution in [3.8, 4) is 0 Å². The summed E-state index contributed by atoms with van der Waals surface area (Å²) >= 11 is 3.59. The van der Waals surface area contributed by atoms with Gasteiger partial charge in [-0.1, -0.05) is 22.9 Å². The third-order valence-corrected chi connectivity index (χ3v) is 3.76. The monoisotopic (exact) mass is 313 g/mol. The second-order valence-electron chi connectivity index (χ2n) is 4.88. The molecule has 0 amide bonds. The van der Waals surface area contributed by atoms with Crippen molar-refractivity contribution in [1.29, 1.82) is 0 Å². The molecule has 102 valence electrons. The summed E-state index contributed by atoms with van der Waals surface area (Å²) in [5.74, 6) is 0. The van der Waals surface area contributed by atoms with E-state index in [4.69, 9.17) is 5.73 Å². The molecule has 0 bridgehead atoms. The minimum absolute atomic E-state index is 0.831. The van der Waals surface area contributed by atoms with Crippen molar-refractivity contribution in [3.63, 3.8) is 0 Å². The van der Waals surface area contributed by atoms with E-state index in [-0.39, 0.29) is 0 Å². The van der Waals surface area contributed by atoms with Crippen LogP contribution in [-0.4, -0.2) is 43.5 Å². The SMILES string of the molecule is CCN(CCCN(C)C)Cc1cc(N)ccc1Br. The van der Waals surface area contributed by atoms with Crippen molar-refractivity contribution in [1.82, 2.24) is 9.80 Å². The summed E-state index contributed by atoms with van der Waals surface area (Å²) in [4.78, 5) is 4.67. The van der Waals surface area contributed by atoms with Gasteiger partial charge in [-0.25, -0.2) is 0 Å². The van der Waals surface area contributed by atoms with Crippen molar-refractivity contribution in [3.05, 3.63) is 28.2 Å². The molecule has 3 nitrogen and oxygen atoms in total. The van der Waals surface area contributed by atoms with E-state index in [9.17, 15) is 0 Å². The quantitative estimate of drug-likeness (QED) is 0.786. The molecular formula is C14H24BrN3. The van der Waals surface area contributed by atoms with Crippen LogP contribution in [0.4, 0.5) is 5.69 Å². The van der Waals surface area contributed by atoms with Gasteiger partial charge < -0.3 is 10.6 Å². The summed E-state index contributed by atoms with van der Waals surface area (Å²) in [6.07, 6.45) is 1.20. The van der Waals surface area contributed by atoms with Crippen LogP contribution in [0.2, 0.25) is 0 Å². The maximum atomic E-state index is 5.84. The first-order chi connectivity index (χ1) is 8.52. The van der Waals surface area contributed by atoms with Crippen molar-refractivity contribution in [2.45, 2.75) is 19.9 Å². The fourth-order valence-corrected chi connectivity index (χ4v) is 2.29.